The highest BCUT2D eigenvalue weighted by Crippen LogP contribution is 2.29. The van der Waals surface area contributed by atoms with Gasteiger partial charge in [-0.25, -0.2) is 0 Å². The molecule has 0 spiro atoms. The van der Waals surface area contributed by atoms with E-state index in [-0.39, 0.29) is 0 Å². The van der Waals surface area contributed by atoms with Crippen LogP contribution in [0.1, 0.15) is 5.56 Å². The van der Waals surface area contributed by atoms with Crippen LogP contribution in [0.4, 0.5) is 0 Å². The van der Waals surface area contributed by atoms with E-state index in [1.807, 2.05) is 41.1 Å². The molecule has 0 saturated carbocycles. The van der Waals surface area contributed by atoms with E-state index >= 15 is 0 Å². The molecule has 3 aromatic rings. The second kappa shape index (κ2) is 6.41. The summed E-state index contributed by atoms with van der Waals surface area (Å²) in [5.74, 6) is 2.31. The first kappa shape index (κ1) is 15.4. The summed E-state index contributed by atoms with van der Waals surface area (Å²) in [5.41, 5.74) is 3.05. The van der Waals surface area contributed by atoms with E-state index in [0.717, 1.165) is 43.8 Å². The van der Waals surface area contributed by atoms with Crippen LogP contribution in [0.5, 0.6) is 5.75 Å². The highest BCUT2D eigenvalue weighted by atomic mass is 79.9. The number of aromatic nitrogens is 3. The van der Waals surface area contributed by atoms with E-state index in [1.54, 1.807) is 18.9 Å². The van der Waals surface area contributed by atoms with Crippen molar-refractivity contribution < 1.29 is 4.74 Å². The van der Waals surface area contributed by atoms with Crippen molar-refractivity contribution in [2.75, 3.05) is 12.9 Å². The van der Waals surface area contributed by atoms with Crippen molar-refractivity contribution in [1.82, 2.24) is 14.9 Å². The Morgan fingerprint density at radius 1 is 1.08 bits per heavy atom. The van der Waals surface area contributed by atoms with Gasteiger partial charge in [-0.2, -0.15) is 9.78 Å². The smallest absolute Gasteiger partial charge is 0.212 e. The summed E-state index contributed by atoms with van der Waals surface area (Å²) in [5, 5.41) is 14.1. The maximum Gasteiger partial charge on any atom is 0.212 e. The van der Waals surface area contributed by atoms with Gasteiger partial charge >= 0.3 is 0 Å². The van der Waals surface area contributed by atoms with E-state index in [0.29, 0.717) is 0 Å². The van der Waals surface area contributed by atoms with Gasteiger partial charge in [-0.3, -0.25) is 0 Å². The first-order valence-corrected chi connectivity index (χ1v) is 9.09. The van der Waals surface area contributed by atoms with Crippen molar-refractivity contribution in [3.8, 4) is 17.1 Å². The average molecular weight is 401 g/mol. The van der Waals surface area contributed by atoms with Crippen molar-refractivity contribution in [2.24, 2.45) is 5.10 Å². The molecule has 120 valence electrons. The van der Waals surface area contributed by atoms with Gasteiger partial charge in [0, 0.05) is 15.8 Å². The molecule has 5 nitrogen and oxygen atoms in total. The van der Waals surface area contributed by atoms with Crippen LogP contribution in [0.25, 0.3) is 11.4 Å². The van der Waals surface area contributed by atoms with Crippen molar-refractivity contribution in [2.45, 2.75) is 5.16 Å². The number of nitrogens with zero attached hydrogens (tertiary/aromatic N) is 4. The summed E-state index contributed by atoms with van der Waals surface area (Å²) >= 11 is 5.15. The summed E-state index contributed by atoms with van der Waals surface area (Å²) in [6, 6.07) is 15.9. The SMILES string of the molecule is COc1ccc(-c2nnc3n2N=C(c2cccc(Br)c2)CS3)cc1. The lowest BCUT2D eigenvalue weighted by atomic mass is 10.1. The van der Waals surface area contributed by atoms with Crippen LogP contribution in [-0.4, -0.2) is 33.4 Å². The first-order chi connectivity index (χ1) is 11.7. The molecule has 0 atom stereocenters. The van der Waals surface area contributed by atoms with Crippen molar-refractivity contribution in [1.29, 1.82) is 0 Å². The van der Waals surface area contributed by atoms with Crippen LogP contribution in [-0.2, 0) is 0 Å². The number of rotatable bonds is 3. The summed E-state index contributed by atoms with van der Waals surface area (Å²) < 4.78 is 8.06. The predicted octanol–water partition coefficient (Wildman–Crippen LogP) is 4.07. The maximum absolute atomic E-state index is 5.21. The van der Waals surface area contributed by atoms with Gasteiger partial charge in [-0.05, 0) is 42.0 Å². The molecule has 24 heavy (non-hydrogen) atoms. The minimum absolute atomic E-state index is 0.729. The standard InChI is InChI=1S/C17H13BrN4OS/c1-23-14-7-5-11(6-8-14)16-19-20-17-22(16)21-15(10-24-17)12-3-2-4-13(18)9-12/h2-9H,10H2,1H3. The Morgan fingerprint density at radius 2 is 1.92 bits per heavy atom. The molecular weight excluding hydrogens is 388 g/mol. The quantitative estimate of drug-likeness (QED) is 0.664. The molecule has 2 heterocycles. The summed E-state index contributed by atoms with van der Waals surface area (Å²) in [7, 11) is 1.65. The Hall–Kier alpha value is -2.12. The summed E-state index contributed by atoms with van der Waals surface area (Å²) in [4.78, 5) is 0. The van der Waals surface area contributed by atoms with Crippen LogP contribution >= 0.6 is 27.7 Å². The van der Waals surface area contributed by atoms with Crippen LogP contribution in [0.3, 0.4) is 0 Å². The lowest BCUT2D eigenvalue weighted by molar-refractivity contribution is 0.415. The molecule has 0 N–H and O–H groups in total. The molecule has 1 aromatic heterocycles. The van der Waals surface area contributed by atoms with Crippen LogP contribution in [0.2, 0.25) is 0 Å². The normalized spacial score (nSPS) is 13.3. The lowest BCUT2D eigenvalue weighted by Crippen LogP contribution is -2.13. The third kappa shape index (κ3) is 2.85. The average Bonchev–Trinajstić information content (AvgIpc) is 3.05. The fourth-order valence-electron chi connectivity index (χ4n) is 2.46. The second-order valence-corrected chi connectivity index (χ2v) is 7.05. The van der Waals surface area contributed by atoms with Crippen molar-refractivity contribution in [3.63, 3.8) is 0 Å². The van der Waals surface area contributed by atoms with E-state index in [2.05, 4.69) is 38.3 Å². The molecule has 0 bridgehead atoms. The van der Waals surface area contributed by atoms with Crippen molar-refractivity contribution in [3.05, 3.63) is 58.6 Å². The fraction of sp³-hybridized carbons (Fsp3) is 0.118. The van der Waals surface area contributed by atoms with E-state index in [1.165, 1.54) is 0 Å². The molecule has 2 aromatic carbocycles. The molecule has 1 aliphatic rings. The van der Waals surface area contributed by atoms with E-state index in [9.17, 15) is 0 Å². The van der Waals surface area contributed by atoms with Gasteiger partial charge in [-0.1, -0.05) is 39.8 Å². The summed E-state index contributed by atoms with van der Waals surface area (Å²) in [6.07, 6.45) is 0. The molecule has 0 amide bonds. The van der Waals surface area contributed by atoms with Gasteiger partial charge in [0.15, 0.2) is 5.82 Å². The number of thioether (sulfide) groups is 1. The lowest BCUT2D eigenvalue weighted by Gasteiger charge is -2.14. The fourth-order valence-corrected chi connectivity index (χ4v) is 3.69. The molecule has 4 rings (SSSR count). The van der Waals surface area contributed by atoms with Gasteiger partial charge in [0.2, 0.25) is 5.16 Å². The molecular formula is C17H13BrN4OS. The van der Waals surface area contributed by atoms with Crippen LogP contribution < -0.4 is 4.74 Å². The zero-order chi connectivity index (χ0) is 16.5. The number of ether oxygens (including phenoxy) is 1. The Morgan fingerprint density at radius 3 is 2.67 bits per heavy atom. The Labute approximate surface area is 151 Å². The highest BCUT2D eigenvalue weighted by Gasteiger charge is 2.20. The Balaban J connectivity index is 1.76. The van der Waals surface area contributed by atoms with Crippen molar-refractivity contribution >= 4 is 33.4 Å². The molecule has 0 fully saturated rings. The van der Waals surface area contributed by atoms with Gasteiger partial charge in [0.05, 0.1) is 12.8 Å². The number of fused-ring (bicyclic) bond motifs is 1. The molecule has 1 aliphatic heterocycles. The molecule has 0 aliphatic carbocycles. The Bertz CT molecular complexity index is 921. The number of hydrogen-bond donors (Lipinski definition) is 0. The molecule has 0 radical (unpaired) electrons. The minimum Gasteiger partial charge on any atom is -0.497 e. The third-order valence-electron chi connectivity index (χ3n) is 3.68. The zero-order valence-corrected chi connectivity index (χ0v) is 15.2. The summed E-state index contributed by atoms with van der Waals surface area (Å²) in [6.45, 7) is 0. The van der Waals surface area contributed by atoms with Gasteiger partial charge in [0.25, 0.3) is 0 Å². The molecule has 0 unspecified atom stereocenters. The number of hydrogen-bond acceptors (Lipinski definition) is 5. The topological polar surface area (TPSA) is 52.3 Å². The number of methoxy groups -OCH3 is 1. The minimum atomic E-state index is 0.729. The zero-order valence-electron chi connectivity index (χ0n) is 12.8. The predicted molar refractivity (Wildman–Crippen MR) is 98.8 cm³/mol. The molecule has 7 heteroatoms. The first-order valence-electron chi connectivity index (χ1n) is 7.31. The van der Waals surface area contributed by atoms with Gasteiger partial charge in [0.1, 0.15) is 5.75 Å². The molecule has 0 saturated heterocycles. The number of halogens is 1. The van der Waals surface area contributed by atoms with Gasteiger partial charge < -0.3 is 4.74 Å². The third-order valence-corrected chi connectivity index (χ3v) is 5.10. The van der Waals surface area contributed by atoms with E-state index in [4.69, 9.17) is 9.84 Å². The Kier molecular flexibility index (Phi) is 4.12. The highest BCUT2D eigenvalue weighted by molar-refractivity contribution is 9.10. The largest absolute Gasteiger partial charge is 0.497 e. The van der Waals surface area contributed by atoms with Crippen LogP contribution in [0.15, 0.2) is 63.3 Å². The maximum atomic E-state index is 5.21. The van der Waals surface area contributed by atoms with Gasteiger partial charge in [-0.15, -0.1) is 10.2 Å². The van der Waals surface area contributed by atoms with Crippen LogP contribution in [0, 0.1) is 0 Å². The monoisotopic (exact) mass is 400 g/mol. The number of benzene rings is 2. The second-order valence-electron chi connectivity index (χ2n) is 5.19. The van der Waals surface area contributed by atoms with E-state index < -0.39 is 0 Å².